The standard InChI is InChI=1S/C11H12N2O2/c1-6-11(4-5-11)9-7(10(14)15-6)2-3-8(12)13-9/h2-3,6H,4-5H2,1H3,(H2,12,13)/t6-/m0/s1. The largest absolute Gasteiger partial charge is 0.458 e. The highest BCUT2D eigenvalue weighted by Gasteiger charge is 2.56. The smallest absolute Gasteiger partial charge is 0.340 e. The van der Waals surface area contributed by atoms with E-state index < -0.39 is 0 Å². The van der Waals surface area contributed by atoms with Crippen molar-refractivity contribution in [2.24, 2.45) is 0 Å². The van der Waals surface area contributed by atoms with Crippen LogP contribution in [-0.4, -0.2) is 17.1 Å². The predicted molar refractivity (Wildman–Crippen MR) is 54.4 cm³/mol. The van der Waals surface area contributed by atoms with Crippen LogP contribution in [0.25, 0.3) is 0 Å². The summed E-state index contributed by atoms with van der Waals surface area (Å²) in [5.74, 6) is 0.199. The summed E-state index contributed by atoms with van der Waals surface area (Å²) in [6.45, 7) is 1.93. The molecule has 78 valence electrons. The van der Waals surface area contributed by atoms with E-state index in [0.29, 0.717) is 11.4 Å². The summed E-state index contributed by atoms with van der Waals surface area (Å²) in [4.78, 5) is 15.9. The molecule has 0 aromatic carbocycles. The molecule has 3 rings (SSSR count). The number of nitrogens with two attached hydrogens (primary N) is 1. The van der Waals surface area contributed by atoms with Crippen LogP contribution in [0.2, 0.25) is 0 Å². The Hall–Kier alpha value is -1.58. The van der Waals surface area contributed by atoms with Gasteiger partial charge in [0.25, 0.3) is 0 Å². The number of esters is 1. The Kier molecular flexibility index (Phi) is 1.45. The highest BCUT2D eigenvalue weighted by atomic mass is 16.5. The van der Waals surface area contributed by atoms with Gasteiger partial charge >= 0.3 is 5.97 Å². The Morgan fingerprint density at radius 3 is 2.93 bits per heavy atom. The van der Waals surface area contributed by atoms with Crippen LogP contribution in [0.5, 0.6) is 0 Å². The minimum absolute atomic E-state index is 0.0430. The Morgan fingerprint density at radius 1 is 1.53 bits per heavy atom. The van der Waals surface area contributed by atoms with Gasteiger partial charge in [-0.25, -0.2) is 9.78 Å². The molecule has 2 aliphatic rings. The number of anilines is 1. The molecule has 0 unspecified atom stereocenters. The van der Waals surface area contributed by atoms with Crippen molar-refractivity contribution in [2.75, 3.05) is 5.73 Å². The third kappa shape index (κ3) is 1.02. The molecule has 0 amide bonds. The van der Waals surface area contributed by atoms with E-state index >= 15 is 0 Å². The normalized spacial score (nSPS) is 25.9. The molecular formula is C11H12N2O2. The second-order valence-corrected chi connectivity index (χ2v) is 4.34. The highest BCUT2D eigenvalue weighted by molar-refractivity contribution is 5.93. The van der Waals surface area contributed by atoms with Gasteiger partial charge in [-0.15, -0.1) is 0 Å². The van der Waals surface area contributed by atoms with Crippen molar-refractivity contribution < 1.29 is 9.53 Å². The van der Waals surface area contributed by atoms with Gasteiger partial charge < -0.3 is 10.5 Å². The second kappa shape index (κ2) is 2.51. The van der Waals surface area contributed by atoms with Crippen molar-refractivity contribution in [3.8, 4) is 0 Å². The number of fused-ring (bicyclic) bond motifs is 2. The van der Waals surface area contributed by atoms with Crippen LogP contribution in [0.4, 0.5) is 5.82 Å². The molecule has 15 heavy (non-hydrogen) atoms. The number of cyclic esters (lactones) is 1. The lowest BCUT2D eigenvalue weighted by atomic mass is 9.89. The molecule has 1 aromatic heterocycles. The van der Waals surface area contributed by atoms with Crippen molar-refractivity contribution in [3.63, 3.8) is 0 Å². The van der Waals surface area contributed by atoms with Crippen molar-refractivity contribution >= 4 is 11.8 Å². The number of hydrogen-bond acceptors (Lipinski definition) is 4. The summed E-state index contributed by atoms with van der Waals surface area (Å²) in [6, 6.07) is 3.36. The minimum Gasteiger partial charge on any atom is -0.458 e. The summed E-state index contributed by atoms with van der Waals surface area (Å²) in [6.07, 6.45) is 1.99. The molecule has 1 aromatic rings. The van der Waals surface area contributed by atoms with Crippen molar-refractivity contribution in [1.29, 1.82) is 0 Å². The maximum Gasteiger partial charge on any atom is 0.340 e. The van der Waals surface area contributed by atoms with Gasteiger partial charge in [0.05, 0.1) is 16.7 Å². The van der Waals surface area contributed by atoms with E-state index in [0.717, 1.165) is 18.5 Å². The van der Waals surface area contributed by atoms with E-state index in [9.17, 15) is 4.79 Å². The van der Waals surface area contributed by atoms with E-state index in [1.165, 1.54) is 0 Å². The van der Waals surface area contributed by atoms with E-state index in [-0.39, 0.29) is 17.5 Å². The van der Waals surface area contributed by atoms with Crippen LogP contribution in [0, 0.1) is 0 Å². The molecule has 1 fully saturated rings. The van der Waals surface area contributed by atoms with Crippen LogP contribution < -0.4 is 5.73 Å². The first-order valence-corrected chi connectivity index (χ1v) is 5.11. The minimum atomic E-state index is -0.275. The Balaban J connectivity index is 2.23. The first-order valence-electron chi connectivity index (χ1n) is 5.11. The highest BCUT2D eigenvalue weighted by Crippen LogP contribution is 2.54. The average molecular weight is 204 g/mol. The molecule has 1 spiro atoms. The third-order valence-electron chi connectivity index (χ3n) is 3.46. The predicted octanol–water partition coefficient (Wildman–Crippen LogP) is 1.25. The van der Waals surface area contributed by atoms with Crippen LogP contribution >= 0.6 is 0 Å². The molecule has 2 N–H and O–H groups in total. The summed E-state index contributed by atoms with van der Waals surface area (Å²) in [7, 11) is 0. The van der Waals surface area contributed by atoms with Gasteiger partial charge in [0, 0.05) is 0 Å². The molecule has 0 radical (unpaired) electrons. The summed E-state index contributed by atoms with van der Waals surface area (Å²) in [5, 5.41) is 0. The maximum absolute atomic E-state index is 11.6. The first kappa shape index (κ1) is 8.71. The molecular weight excluding hydrogens is 192 g/mol. The Labute approximate surface area is 87.4 Å². The van der Waals surface area contributed by atoms with Crippen LogP contribution in [0.3, 0.4) is 0 Å². The van der Waals surface area contributed by atoms with Gasteiger partial charge in [-0.2, -0.15) is 0 Å². The van der Waals surface area contributed by atoms with E-state index in [1.807, 2.05) is 6.92 Å². The van der Waals surface area contributed by atoms with Gasteiger partial charge in [0.15, 0.2) is 0 Å². The lowest BCUT2D eigenvalue weighted by Crippen LogP contribution is -2.36. The van der Waals surface area contributed by atoms with Crippen molar-refractivity contribution in [3.05, 3.63) is 23.4 Å². The fourth-order valence-electron chi connectivity index (χ4n) is 2.33. The lowest BCUT2D eigenvalue weighted by molar-refractivity contribution is 0.0183. The number of aromatic nitrogens is 1. The summed E-state index contributed by atoms with van der Waals surface area (Å²) >= 11 is 0. The zero-order chi connectivity index (χ0) is 10.6. The number of nitrogen functional groups attached to an aromatic ring is 1. The van der Waals surface area contributed by atoms with Crippen molar-refractivity contribution in [2.45, 2.75) is 31.3 Å². The van der Waals surface area contributed by atoms with Crippen LogP contribution in [0.1, 0.15) is 35.8 Å². The molecule has 4 heteroatoms. The molecule has 1 aliphatic carbocycles. The number of carbonyl (C=O) groups is 1. The monoisotopic (exact) mass is 204 g/mol. The van der Waals surface area contributed by atoms with E-state index in [2.05, 4.69) is 4.98 Å². The van der Waals surface area contributed by atoms with Crippen LogP contribution in [-0.2, 0) is 10.2 Å². The lowest BCUT2D eigenvalue weighted by Gasteiger charge is -2.29. The zero-order valence-electron chi connectivity index (χ0n) is 8.49. The SMILES string of the molecule is C[C@@H]1OC(=O)c2ccc(N)nc2C12CC2. The molecule has 0 bridgehead atoms. The molecule has 1 aliphatic heterocycles. The molecule has 4 nitrogen and oxygen atoms in total. The first-order chi connectivity index (χ1) is 7.13. The zero-order valence-corrected chi connectivity index (χ0v) is 8.49. The van der Waals surface area contributed by atoms with Gasteiger partial charge in [0.1, 0.15) is 11.9 Å². The van der Waals surface area contributed by atoms with Crippen LogP contribution in [0.15, 0.2) is 12.1 Å². The van der Waals surface area contributed by atoms with Gasteiger partial charge in [0.2, 0.25) is 0 Å². The fourth-order valence-corrected chi connectivity index (χ4v) is 2.33. The topological polar surface area (TPSA) is 65.2 Å². The van der Waals surface area contributed by atoms with Gasteiger partial charge in [-0.1, -0.05) is 0 Å². The Morgan fingerprint density at radius 2 is 2.27 bits per heavy atom. The number of carbonyl (C=O) groups excluding carboxylic acids is 1. The molecule has 1 atom stereocenters. The number of nitrogens with zero attached hydrogens (tertiary/aromatic N) is 1. The fraction of sp³-hybridized carbons (Fsp3) is 0.455. The molecule has 1 saturated carbocycles. The third-order valence-corrected chi connectivity index (χ3v) is 3.46. The number of hydrogen-bond donors (Lipinski definition) is 1. The quantitative estimate of drug-likeness (QED) is 0.646. The maximum atomic E-state index is 11.6. The molecule has 0 saturated heterocycles. The Bertz CT molecular complexity index is 452. The van der Waals surface area contributed by atoms with Gasteiger partial charge in [-0.05, 0) is 31.9 Å². The average Bonchev–Trinajstić information content (AvgIpc) is 2.96. The van der Waals surface area contributed by atoms with E-state index in [4.69, 9.17) is 10.5 Å². The summed E-state index contributed by atoms with van der Waals surface area (Å²) < 4.78 is 5.31. The molecule has 2 heterocycles. The number of pyridine rings is 1. The van der Waals surface area contributed by atoms with Crippen molar-refractivity contribution in [1.82, 2.24) is 4.98 Å². The number of ether oxygens (including phenoxy) is 1. The summed E-state index contributed by atoms with van der Waals surface area (Å²) in [5.41, 5.74) is 7.04. The van der Waals surface area contributed by atoms with E-state index in [1.54, 1.807) is 12.1 Å². The van der Waals surface area contributed by atoms with Gasteiger partial charge in [-0.3, -0.25) is 0 Å². The second-order valence-electron chi connectivity index (χ2n) is 4.34. The number of rotatable bonds is 0.